The number of aromatic nitrogens is 1. The highest BCUT2D eigenvalue weighted by molar-refractivity contribution is 5.83. The Labute approximate surface area is 249 Å². The number of nitrogens with one attached hydrogen (secondary N) is 2. The van der Waals surface area contributed by atoms with Gasteiger partial charge in [0.05, 0.1) is 19.7 Å². The quantitative estimate of drug-likeness (QED) is 0.220. The molecule has 2 aromatic carbocycles. The fourth-order valence-electron chi connectivity index (χ4n) is 4.31. The molecule has 4 N–H and O–H groups in total. The van der Waals surface area contributed by atoms with Crippen molar-refractivity contribution in [2.45, 2.75) is 63.6 Å². The normalized spacial score (nSPS) is 16.5. The van der Waals surface area contributed by atoms with E-state index in [1.54, 1.807) is 14.2 Å². The summed E-state index contributed by atoms with van der Waals surface area (Å²) in [7, 11) is 3.37. The summed E-state index contributed by atoms with van der Waals surface area (Å²) < 4.78 is 74.2. The van der Waals surface area contributed by atoms with Gasteiger partial charge in [0.25, 0.3) is 0 Å². The Morgan fingerprint density at radius 3 is 1.80 bits per heavy atom. The molecule has 44 heavy (non-hydrogen) atoms. The van der Waals surface area contributed by atoms with Gasteiger partial charge < -0.3 is 30.3 Å². The van der Waals surface area contributed by atoms with Gasteiger partial charge in [0, 0.05) is 30.1 Å². The van der Waals surface area contributed by atoms with Crippen LogP contribution in [0.5, 0.6) is 11.5 Å². The van der Waals surface area contributed by atoms with Crippen LogP contribution in [-0.4, -0.2) is 65.8 Å². The van der Waals surface area contributed by atoms with E-state index in [1.165, 1.54) is 16.5 Å². The van der Waals surface area contributed by atoms with E-state index >= 15 is 0 Å². The number of carbonyl (C=O) groups is 2. The lowest BCUT2D eigenvalue weighted by Crippen LogP contribution is -2.36. The van der Waals surface area contributed by atoms with Gasteiger partial charge in [0.2, 0.25) is 0 Å². The number of benzene rings is 2. The average molecular weight is 634 g/mol. The zero-order valence-corrected chi connectivity index (χ0v) is 24.1. The number of halogens is 6. The second kappa shape index (κ2) is 16.0. The molecule has 0 saturated heterocycles. The van der Waals surface area contributed by atoms with Gasteiger partial charge in [-0.15, -0.1) is 0 Å². The average Bonchev–Trinajstić information content (AvgIpc) is 2.96. The summed E-state index contributed by atoms with van der Waals surface area (Å²) in [6, 6.07) is 17.6. The molecule has 1 aliphatic carbocycles. The summed E-state index contributed by atoms with van der Waals surface area (Å²) in [4.78, 5) is 22.6. The fraction of sp³-hybridized carbons (Fsp3) is 0.414. The van der Waals surface area contributed by atoms with E-state index in [1.807, 2.05) is 12.1 Å². The number of aliphatic carboxylic acids is 2. The molecule has 9 nitrogen and oxygen atoms in total. The number of nitrogens with zero attached hydrogens (tertiary/aromatic N) is 1. The van der Waals surface area contributed by atoms with E-state index < -0.39 is 24.3 Å². The van der Waals surface area contributed by atoms with Crippen molar-refractivity contribution < 1.29 is 55.6 Å². The summed E-state index contributed by atoms with van der Waals surface area (Å²) in [5.41, 5.74) is 3.51. The molecule has 4 rings (SSSR count). The molecule has 0 unspecified atom stereocenters. The van der Waals surface area contributed by atoms with Crippen molar-refractivity contribution in [3.63, 3.8) is 0 Å². The van der Waals surface area contributed by atoms with Crippen molar-refractivity contribution in [3.05, 3.63) is 59.7 Å². The molecule has 1 heterocycles. The van der Waals surface area contributed by atoms with Gasteiger partial charge in [0.15, 0.2) is 0 Å². The van der Waals surface area contributed by atoms with E-state index in [4.69, 9.17) is 34.3 Å². The molecule has 1 aromatic heterocycles. The number of hydrogen-bond donors (Lipinski definition) is 4. The van der Waals surface area contributed by atoms with Gasteiger partial charge in [-0.2, -0.15) is 26.3 Å². The molecule has 1 saturated carbocycles. The molecule has 15 heteroatoms. The third-order valence-corrected chi connectivity index (χ3v) is 6.49. The fourth-order valence-corrected chi connectivity index (χ4v) is 4.31. The highest BCUT2D eigenvalue weighted by Crippen LogP contribution is 2.26. The Bertz CT molecular complexity index is 1350. The van der Waals surface area contributed by atoms with Gasteiger partial charge in [0.1, 0.15) is 17.3 Å². The zero-order valence-electron chi connectivity index (χ0n) is 24.1. The van der Waals surface area contributed by atoms with Crippen molar-refractivity contribution >= 4 is 28.7 Å². The van der Waals surface area contributed by atoms with Crippen LogP contribution in [0.4, 0.5) is 32.2 Å². The van der Waals surface area contributed by atoms with E-state index in [9.17, 15) is 26.3 Å². The Kier molecular flexibility index (Phi) is 13.1. The highest BCUT2D eigenvalue weighted by Gasteiger charge is 2.38. The van der Waals surface area contributed by atoms with Crippen molar-refractivity contribution in [1.29, 1.82) is 0 Å². The molecular weight excluding hydrogens is 600 g/mol. The Morgan fingerprint density at radius 1 is 0.841 bits per heavy atom. The summed E-state index contributed by atoms with van der Waals surface area (Å²) >= 11 is 0. The van der Waals surface area contributed by atoms with Crippen LogP contribution in [0.15, 0.2) is 48.5 Å². The van der Waals surface area contributed by atoms with Crippen LogP contribution >= 0.6 is 0 Å². The number of para-hydroxylation sites is 1. The molecule has 0 radical (unpaired) electrons. The van der Waals surface area contributed by atoms with E-state index in [0.29, 0.717) is 12.1 Å². The monoisotopic (exact) mass is 633 g/mol. The van der Waals surface area contributed by atoms with E-state index in [2.05, 4.69) is 54.0 Å². The molecule has 242 valence electrons. The molecule has 0 atom stereocenters. The first-order valence-corrected chi connectivity index (χ1v) is 13.2. The van der Waals surface area contributed by atoms with Crippen molar-refractivity contribution in [2.75, 3.05) is 19.5 Å². The maximum atomic E-state index is 10.6. The second-order valence-electron chi connectivity index (χ2n) is 9.74. The standard InChI is InChI=1S/C25H31N3O2.2C2HF3O2/c1-17-12-25(28-24-7-5-4-6-23(17)24)27-20-10-8-19(9-11-20)26-16-18-13-21(29-2)15-22(14-18)30-3;2*3-2(4,5)1(6)7/h4-7,12-15,19-20,26H,8-11,16H2,1-3H3,(H,27,28);2*(H,6,7)/t19-,20+;;. The van der Waals surface area contributed by atoms with E-state index in [-0.39, 0.29) is 0 Å². The first-order chi connectivity index (χ1) is 20.5. The number of ether oxygens (including phenoxy) is 2. The number of hydrogen-bond acceptors (Lipinski definition) is 7. The van der Waals surface area contributed by atoms with Crippen LogP contribution in [-0.2, 0) is 16.1 Å². The Hall–Kier alpha value is -4.27. The zero-order chi connectivity index (χ0) is 33.1. The Balaban J connectivity index is 0.000000402. The number of aryl methyl sites for hydroxylation is 1. The molecule has 1 fully saturated rings. The predicted octanol–water partition coefficient (Wildman–Crippen LogP) is 6.34. The number of pyridine rings is 1. The summed E-state index contributed by atoms with van der Waals surface area (Å²) in [5.74, 6) is -2.86. The third kappa shape index (κ3) is 11.8. The summed E-state index contributed by atoms with van der Waals surface area (Å²) in [6.07, 6.45) is -5.56. The number of alkyl halides is 6. The number of carboxylic acid groups (broad SMARTS) is 2. The first-order valence-electron chi connectivity index (χ1n) is 13.2. The third-order valence-electron chi connectivity index (χ3n) is 6.49. The largest absolute Gasteiger partial charge is 0.497 e. The second-order valence-corrected chi connectivity index (χ2v) is 9.74. The number of anilines is 1. The van der Waals surface area contributed by atoms with Crippen LogP contribution < -0.4 is 20.1 Å². The minimum Gasteiger partial charge on any atom is -0.497 e. The maximum Gasteiger partial charge on any atom is 0.490 e. The number of rotatable bonds is 7. The van der Waals surface area contributed by atoms with Crippen molar-refractivity contribution in [3.8, 4) is 11.5 Å². The molecular formula is C29H33F6N3O6. The smallest absolute Gasteiger partial charge is 0.490 e. The van der Waals surface area contributed by atoms with Crippen LogP contribution in [0, 0.1) is 6.92 Å². The summed E-state index contributed by atoms with van der Waals surface area (Å²) in [5, 5.41) is 22.8. The van der Waals surface area contributed by atoms with Gasteiger partial charge in [-0.05, 0) is 68.0 Å². The van der Waals surface area contributed by atoms with E-state index in [0.717, 1.165) is 55.1 Å². The molecule has 0 aliphatic heterocycles. The molecule has 0 spiro atoms. The van der Waals surface area contributed by atoms with Crippen LogP contribution in [0.1, 0.15) is 36.8 Å². The molecule has 0 bridgehead atoms. The lowest BCUT2D eigenvalue weighted by Gasteiger charge is -2.30. The molecule has 0 amide bonds. The first kappa shape index (κ1) is 35.9. The van der Waals surface area contributed by atoms with Gasteiger partial charge in [-0.1, -0.05) is 18.2 Å². The molecule has 1 aliphatic rings. The minimum absolute atomic E-state index is 0.480. The minimum atomic E-state index is -5.08. The Morgan fingerprint density at radius 2 is 1.32 bits per heavy atom. The van der Waals surface area contributed by atoms with Gasteiger partial charge in [-0.3, -0.25) is 0 Å². The van der Waals surface area contributed by atoms with Crippen LogP contribution in [0.2, 0.25) is 0 Å². The topological polar surface area (TPSA) is 130 Å². The van der Waals surface area contributed by atoms with Gasteiger partial charge in [-0.25, -0.2) is 14.6 Å². The van der Waals surface area contributed by atoms with Crippen molar-refractivity contribution in [1.82, 2.24) is 10.3 Å². The molecule has 3 aromatic rings. The number of carboxylic acids is 2. The lowest BCUT2D eigenvalue weighted by molar-refractivity contribution is -0.193. The SMILES string of the molecule is COc1cc(CN[C@H]2CC[C@@H](Nc3cc(C)c4ccccc4n3)CC2)cc(OC)c1.O=C(O)C(F)(F)F.O=C(O)C(F)(F)F. The number of methoxy groups -OCH3 is 2. The van der Waals surface area contributed by atoms with Crippen LogP contribution in [0.25, 0.3) is 10.9 Å². The van der Waals surface area contributed by atoms with Crippen LogP contribution in [0.3, 0.4) is 0 Å². The van der Waals surface area contributed by atoms with Gasteiger partial charge >= 0.3 is 24.3 Å². The lowest BCUT2D eigenvalue weighted by atomic mass is 9.91. The predicted molar refractivity (Wildman–Crippen MR) is 150 cm³/mol. The van der Waals surface area contributed by atoms with Crippen molar-refractivity contribution in [2.24, 2.45) is 0 Å². The maximum absolute atomic E-state index is 10.6. The summed E-state index contributed by atoms with van der Waals surface area (Å²) in [6.45, 7) is 2.98. The highest BCUT2D eigenvalue weighted by atomic mass is 19.4. The number of fused-ring (bicyclic) bond motifs is 1.